The maximum atomic E-state index is 12.6. The van der Waals surface area contributed by atoms with E-state index in [0.29, 0.717) is 13.2 Å². The van der Waals surface area contributed by atoms with Crippen molar-refractivity contribution in [2.24, 2.45) is 17.8 Å². The van der Waals surface area contributed by atoms with E-state index in [0.717, 1.165) is 41.3 Å². The van der Waals surface area contributed by atoms with Gasteiger partial charge in [0.25, 0.3) is 5.91 Å². The van der Waals surface area contributed by atoms with Gasteiger partial charge in [0, 0.05) is 20.6 Å². The third-order valence-electron chi connectivity index (χ3n) is 6.80. The van der Waals surface area contributed by atoms with Crippen molar-refractivity contribution in [3.8, 4) is 0 Å². The normalized spacial score (nSPS) is 30.1. The average Bonchev–Trinajstić information content (AvgIpc) is 2.63. The van der Waals surface area contributed by atoms with Gasteiger partial charge in [-0.05, 0) is 68.4 Å². The molecule has 1 amide bonds. The fourth-order valence-corrected chi connectivity index (χ4v) is 7.56. The van der Waals surface area contributed by atoms with Crippen molar-refractivity contribution in [3.63, 3.8) is 0 Å². The van der Waals surface area contributed by atoms with Gasteiger partial charge < -0.3 is 10.1 Å². The number of carbonyl (C=O) groups excluding carboxylic acids is 1. The smallest absolute Gasteiger partial charge is 0.252 e. The summed E-state index contributed by atoms with van der Waals surface area (Å²) in [5, 5.41) is 2.89. The molecule has 5 rings (SSSR count). The van der Waals surface area contributed by atoms with Crippen LogP contribution in [-0.2, 0) is 14.8 Å². The van der Waals surface area contributed by atoms with Gasteiger partial charge in [-0.25, -0.2) is 12.7 Å². The van der Waals surface area contributed by atoms with E-state index < -0.39 is 15.9 Å². The molecular weight excluding hydrogens is 447 g/mol. The van der Waals surface area contributed by atoms with E-state index >= 15 is 0 Å². The van der Waals surface area contributed by atoms with Crippen molar-refractivity contribution >= 4 is 39.1 Å². The summed E-state index contributed by atoms with van der Waals surface area (Å²) in [6.07, 6.45) is 7.48. The summed E-state index contributed by atoms with van der Waals surface area (Å²) in [5.74, 6) is 1.96. The maximum Gasteiger partial charge on any atom is 0.252 e. The number of nitrogens with zero attached hydrogens (tertiary/aromatic N) is 1. The van der Waals surface area contributed by atoms with Crippen LogP contribution in [0, 0.1) is 17.8 Å². The van der Waals surface area contributed by atoms with Gasteiger partial charge >= 0.3 is 0 Å². The highest BCUT2D eigenvalue weighted by Crippen LogP contribution is 2.57. The van der Waals surface area contributed by atoms with E-state index in [1.165, 1.54) is 45.5 Å². The summed E-state index contributed by atoms with van der Waals surface area (Å²) >= 11 is 12.2. The zero-order chi connectivity index (χ0) is 21.7. The summed E-state index contributed by atoms with van der Waals surface area (Å²) in [6.45, 7) is 0.779. The summed E-state index contributed by atoms with van der Waals surface area (Å²) < 4.78 is 32.3. The maximum absolute atomic E-state index is 12.6. The van der Waals surface area contributed by atoms with Gasteiger partial charge in [-0.2, -0.15) is 0 Å². The van der Waals surface area contributed by atoms with Crippen LogP contribution in [0.3, 0.4) is 0 Å². The predicted molar refractivity (Wildman–Crippen MR) is 117 cm³/mol. The molecule has 0 atom stereocenters. The van der Waals surface area contributed by atoms with Crippen LogP contribution >= 0.6 is 23.2 Å². The molecule has 166 valence electrons. The van der Waals surface area contributed by atoms with Crippen LogP contribution in [0.4, 0.5) is 0 Å². The van der Waals surface area contributed by atoms with Crippen LogP contribution in [0.15, 0.2) is 17.0 Å². The molecule has 4 bridgehead atoms. The lowest BCUT2D eigenvalue weighted by Crippen LogP contribution is -2.52. The number of carbonyl (C=O) groups is 1. The Kier molecular flexibility index (Phi) is 6.14. The third kappa shape index (κ3) is 4.24. The summed E-state index contributed by atoms with van der Waals surface area (Å²) in [7, 11) is -0.984. The van der Waals surface area contributed by atoms with Crippen LogP contribution in [0.5, 0.6) is 0 Å². The molecule has 4 aliphatic carbocycles. The highest BCUT2D eigenvalue weighted by atomic mass is 35.5. The Morgan fingerprint density at radius 1 is 1.10 bits per heavy atom. The molecule has 4 aliphatic rings. The lowest BCUT2D eigenvalue weighted by molar-refractivity contribution is -0.160. The number of rotatable bonds is 7. The molecular formula is C21H28Cl2N2O4S. The van der Waals surface area contributed by atoms with Crippen molar-refractivity contribution in [2.75, 3.05) is 27.2 Å². The molecule has 0 heterocycles. The standard InChI is InChI=1S/C21H28Cl2N2O4S/c1-25(2)30(27,28)19-8-16(17(22)9-18(19)23)20(26)24-3-4-29-21-10-13-5-14(11-21)7-15(6-13)12-21/h8-9,13-15H,3-7,10-12H2,1-2H3,(H,24,26). The number of amides is 1. The molecule has 4 saturated carbocycles. The topological polar surface area (TPSA) is 75.7 Å². The van der Waals surface area contributed by atoms with Crippen LogP contribution in [0.1, 0.15) is 48.9 Å². The first kappa shape index (κ1) is 22.3. The van der Waals surface area contributed by atoms with Crippen LogP contribution in [-0.4, -0.2) is 51.5 Å². The highest BCUT2D eigenvalue weighted by Gasteiger charge is 2.51. The zero-order valence-corrected chi connectivity index (χ0v) is 19.6. The lowest BCUT2D eigenvalue weighted by Gasteiger charge is -2.56. The first-order valence-corrected chi connectivity index (χ1v) is 12.6. The molecule has 0 unspecified atom stereocenters. The second-order valence-corrected chi connectivity index (χ2v) is 12.2. The number of benzene rings is 1. The SMILES string of the molecule is CN(C)S(=O)(=O)c1cc(C(=O)NCCOC23CC4CC(CC(C4)C2)C3)c(Cl)cc1Cl. The summed E-state index contributed by atoms with van der Waals surface area (Å²) in [6, 6.07) is 2.52. The molecule has 6 nitrogen and oxygen atoms in total. The van der Waals surface area contributed by atoms with E-state index in [1.807, 2.05) is 0 Å². The fraction of sp³-hybridized carbons (Fsp3) is 0.667. The van der Waals surface area contributed by atoms with Crippen LogP contribution < -0.4 is 5.32 Å². The first-order chi connectivity index (χ1) is 14.1. The molecule has 4 fully saturated rings. The number of sulfonamides is 1. The van der Waals surface area contributed by atoms with Gasteiger partial charge in [0.15, 0.2) is 0 Å². The fourth-order valence-electron chi connectivity index (χ4n) is 5.83. The van der Waals surface area contributed by atoms with Gasteiger partial charge in [-0.15, -0.1) is 0 Å². The largest absolute Gasteiger partial charge is 0.373 e. The minimum Gasteiger partial charge on any atom is -0.373 e. The summed E-state index contributed by atoms with van der Waals surface area (Å²) in [5.41, 5.74) is 0.0703. The first-order valence-electron chi connectivity index (χ1n) is 10.4. The average molecular weight is 475 g/mol. The Morgan fingerprint density at radius 2 is 1.67 bits per heavy atom. The lowest BCUT2D eigenvalue weighted by atomic mass is 9.54. The van der Waals surface area contributed by atoms with Crippen LogP contribution in [0.2, 0.25) is 10.0 Å². The van der Waals surface area contributed by atoms with E-state index in [4.69, 9.17) is 27.9 Å². The molecule has 30 heavy (non-hydrogen) atoms. The molecule has 1 N–H and O–H groups in total. The molecule has 9 heteroatoms. The second kappa shape index (κ2) is 8.24. The van der Waals surface area contributed by atoms with Gasteiger partial charge in [0.05, 0.1) is 27.8 Å². The second-order valence-electron chi connectivity index (χ2n) is 9.25. The van der Waals surface area contributed by atoms with E-state index in [9.17, 15) is 13.2 Å². The van der Waals surface area contributed by atoms with Crippen molar-refractivity contribution in [1.29, 1.82) is 0 Å². The monoisotopic (exact) mass is 474 g/mol. The number of hydrogen-bond acceptors (Lipinski definition) is 4. The van der Waals surface area contributed by atoms with E-state index in [-0.39, 0.29) is 26.1 Å². The third-order valence-corrected chi connectivity index (χ3v) is 9.40. The molecule has 0 radical (unpaired) electrons. The molecule has 0 saturated heterocycles. The summed E-state index contributed by atoms with van der Waals surface area (Å²) in [4.78, 5) is 12.5. The Morgan fingerprint density at radius 3 is 2.20 bits per heavy atom. The minimum absolute atomic E-state index is 0.00957. The van der Waals surface area contributed by atoms with Crippen molar-refractivity contribution in [2.45, 2.75) is 49.0 Å². The number of nitrogens with one attached hydrogen (secondary N) is 1. The number of ether oxygens (including phenoxy) is 1. The molecule has 1 aromatic rings. The molecule has 0 aromatic heterocycles. The Balaban J connectivity index is 1.38. The number of halogens is 2. The molecule has 1 aromatic carbocycles. The van der Waals surface area contributed by atoms with Gasteiger partial charge in [-0.3, -0.25) is 4.79 Å². The Bertz CT molecular complexity index is 913. The highest BCUT2D eigenvalue weighted by molar-refractivity contribution is 7.89. The van der Waals surface area contributed by atoms with Gasteiger partial charge in [0.1, 0.15) is 4.90 Å². The Labute approximate surface area is 188 Å². The van der Waals surface area contributed by atoms with Crippen molar-refractivity contribution in [1.82, 2.24) is 9.62 Å². The van der Waals surface area contributed by atoms with Crippen molar-refractivity contribution < 1.29 is 17.9 Å². The van der Waals surface area contributed by atoms with Gasteiger partial charge in [-0.1, -0.05) is 23.2 Å². The Hall–Kier alpha value is -0.860. The predicted octanol–water partition coefficient (Wildman–Crippen LogP) is 3.96. The van der Waals surface area contributed by atoms with Crippen LogP contribution in [0.25, 0.3) is 0 Å². The zero-order valence-electron chi connectivity index (χ0n) is 17.3. The minimum atomic E-state index is -3.79. The van der Waals surface area contributed by atoms with Crippen molar-refractivity contribution in [3.05, 3.63) is 27.7 Å². The molecule has 0 aliphatic heterocycles. The quantitative estimate of drug-likeness (QED) is 0.606. The van der Waals surface area contributed by atoms with E-state index in [1.54, 1.807) is 0 Å². The van der Waals surface area contributed by atoms with E-state index in [2.05, 4.69) is 5.32 Å². The molecule has 0 spiro atoms. The van der Waals surface area contributed by atoms with Gasteiger partial charge in [0.2, 0.25) is 10.0 Å². The number of hydrogen-bond donors (Lipinski definition) is 1.